The third-order valence-corrected chi connectivity index (χ3v) is 6.11. The van der Waals surface area contributed by atoms with E-state index in [4.69, 9.17) is 9.47 Å². The lowest BCUT2D eigenvalue weighted by Gasteiger charge is -2.31. The molecule has 0 aliphatic carbocycles. The molecule has 2 atom stereocenters. The summed E-state index contributed by atoms with van der Waals surface area (Å²) in [6.07, 6.45) is -0.943. The summed E-state index contributed by atoms with van der Waals surface area (Å²) in [6.45, 7) is -0.843. The van der Waals surface area contributed by atoms with Crippen LogP contribution in [0.4, 0.5) is 33.3 Å². The van der Waals surface area contributed by atoms with Gasteiger partial charge in [-0.05, 0) is 24.3 Å². The number of carbonyl (C=O) groups excluding carboxylic acids is 1. The number of amides is 1. The van der Waals surface area contributed by atoms with Crippen LogP contribution in [0.3, 0.4) is 0 Å². The molecule has 36 heavy (non-hydrogen) atoms. The van der Waals surface area contributed by atoms with Crippen LogP contribution in [-0.2, 0) is 16.6 Å². The van der Waals surface area contributed by atoms with Crippen molar-refractivity contribution in [3.05, 3.63) is 54.5 Å². The third kappa shape index (κ3) is 4.45. The lowest BCUT2D eigenvalue weighted by molar-refractivity contribution is -0.261. The summed E-state index contributed by atoms with van der Waals surface area (Å²) < 4.78 is 81.8. The zero-order valence-electron chi connectivity index (χ0n) is 19.4. The fourth-order valence-electron chi connectivity index (χ4n) is 4.22. The van der Waals surface area contributed by atoms with E-state index in [-0.39, 0.29) is 11.4 Å². The van der Waals surface area contributed by atoms with Crippen LogP contribution in [0.5, 0.6) is 5.75 Å². The molecule has 192 valence electrons. The molecule has 0 saturated carbocycles. The molecule has 1 saturated heterocycles. The number of rotatable bonds is 6. The topological polar surface area (TPSA) is 81.5 Å². The highest BCUT2D eigenvalue weighted by atomic mass is 19.4. The maximum Gasteiger partial charge on any atom is 0.419 e. The first-order valence-corrected chi connectivity index (χ1v) is 10.7. The first-order chi connectivity index (χ1) is 17.0. The Morgan fingerprint density at radius 3 is 2.58 bits per heavy atom. The minimum atomic E-state index is -4.86. The Hall–Kier alpha value is -3.74. The number of anilines is 2. The Bertz CT molecular complexity index is 1280. The van der Waals surface area contributed by atoms with Crippen molar-refractivity contribution >= 4 is 17.3 Å². The highest BCUT2D eigenvalue weighted by molar-refractivity contribution is 5.98. The van der Waals surface area contributed by atoms with Gasteiger partial charge in [0.05, 0.1) is 31.2 Å². The average molecular weight is 511 g/mol. The Morgan fingerprint density at radius 2 is 1.97 bits per heavy atom. The lowest BCUT2D eigenvalue weighted by atomic mass is 9.99. The third-order valence-electron chi connectivity index (χ3n) is 6.11. The van der Waals surface area contributed by atoms with Crippen LogP contribution in [0.15, 0.2) is 42.9 Å². The number of alkyl halides is 3. The van der Waals surface area contributed by atoms with Gasteiger partial charge in [0.1, 0.15) is 6.04 Å². The van der Waals surface area contributed by atoms with Crippen molar-refractivity contribution in [2.75, 3.05) is 31.0 Å². The monoisotopic (exact) mass is 511 g/mol. The van der Waals surface area contributed by atoms with Gasteiger partial charge in [0.15, 0.2) is 17.2 Å². The van der Waals surface area contributed by atoms with Crippen LogP contribution in [0.1, 0.15) is 6.42 Å². The number of methoxy groups -OCH3 is 2. The summed E-state index contributed by atoms with van der Waals surface area (Å²) in [7, 11) is 3.66. The molecule has 0 bridgehead atoms. The molecule has 3 aromatic rings. The second-order valence-corrected chi connectivity index (χ2v) is 8.28. The number of pyridine rings is 1. The summed E-state index contributed by atoms with van der Waals surface area (Å²) in [5.74, 6) is -4.06. The minimum absolute atomic E-state index is 0.217. The molecule has 1 fully saturated rings. The van der Waals surface area contributed by atoms with Crippen molar-refractivity contribution in [1.82, 2.24) is 14.8 Å². The average Bonchev–Trinajstić information content (AvgIpc) is 3.45. The summed E-state index contributed by atoms with van der Waals surface area (Å²) in [6, 6.07) is 3.38. The first kappa shape index (κ1) is 25.4. The Kier molecular flexibility index (Phi) is 6.60. The molecule has 0 radical (unpaired) electrons. The number of hydrogen-bond acceptors (Lipinski definition) is 6. The van der Waals surface area contributed by atoms with Gasteiger partial charge in [0, 0.05) is 44.2 Å². The molecule has 0 spiro atoms. The van der Waals surface area contributed by atoms with E-state index in [1.165, 1.54) is 12.3 Å². The molecular formula is C23H22F5N5O3. The van der Waals surface area contributed by atoms with Gasteiger partial charge in [0.2, 0.25) is 11.7 Å². The van der Waals surface area contributed by atoms with Gasteiger partial charge < -0.3 is 19.7 Å². The second-order valence-electron chi connectivity index (χ2n) is 8.28. The maximum absolute atomic E-state index is 14.4. The van der Waals surface area contributed by atoms with Crippen LogP contribution in [0, 0.1) is 11.6 Å². The number of nitrogens with zero attached hydrogens (tertiary/aromatic N) is 4. The molecule has 1 aliphatic rings. The molecule has 1 aromatic carbocycles. The normalized spacial score (nSPS) is 20.0. The molecule has 13 heteroatoms. The summed E-state index contributed by atoms with van der Waals surface area (Å²) in [5, 5.41) is 6.66. The van der Waals surface area contributed by atoms with Crippen LogP contribution in [0.25, 0.3) is 11.3 Å². The molecule has 0 unspecified atom stereocenters. The van der Waals surface area contributed by atoms with Crippen LogP contribution >= 0.6 is 0 Å². The first-order valence-electron chi connectivity index (χ1n) is 10.7. The van der Waals surface area contributed by atoms with Gasteiger partial charge in [-0.25, -0.2) is 4.39 Å². The van der Waals surface area contributed by atoms with E-state index in [1.807, 2.05) is 0 Å². The van der Waals surface area contributed by atoms with Gasteiger partial charge in [0.25, 0.3) is 0 Å². The van der Waals surface area contributed by atoms with Gasteiger partial charge >= 0.3 is 6.18 Å². The molecule has 8 nitrogen and oxygen atoms in total. The maximum atomic E-state index is 14.4. The largest absolute Gasteiger partial charge is 0.491 e. The van der Waals surface area contributed by atoms with Crippen LogP contribution < -0.4 is 15.0 Å². The molecule has 2 aromatic heterocycles. The number of ether oxygens (including phenoxy) is 2. The second kappa shape index (κ2) is 9.37. The van der Waals surface area contributed by atoms with Crippen molar-refractivity contribution in [3.63, 3.8) is 0 Å². The molecule has 1 amide bonds. The van der Waals surface area contributed by atoms with Crippen molar-refractivity contribution in [2.45, 2.75) is 24.2 Å². The van der Waals surface area contributed by atoms with E-state index in [0.29, 0.717) is 11.3 Å². The smallest absolute Gasteiger partial charge is 0.419 e. The quantitative estimate of drug-likeness (QED) is 0.505. The van der Waals surface area contributed by atoms with Crippen LogP contribution in [0.2, 0.25) is 0 Å². The predicted molar refractivity (Wildman–Crippen MR) is 120 cm³/mol. The summed E-state index contributed by atoms with van der Waals surface area (Å²) in [4.78, 5) is 18.5. The highest BCUT2D eigenvalue weighted by Gasteiger charge is 2.63. The minimum Gasteiger partial charge on any atom is -0.491 e. The fraction of sp³-hybridized carbons (Fsp3) is 0.348. The Labute approximate surface area is 202 Å². The van der Waals surface area contributed by atoms with E-state index in [0.717, 1.165) is 31.3 Å². The number of benzene rings is 1. The van der Waals surface area contributed by atoms with Gasteiger partial charge in [-0.1, -0.05) is 0 Å². The standard InChI is InChI=1S/C23H22F5N5O3/c1-32-11-13(10-30-32)16-8-14(6-7-29-16)31-21(34)18-9-22(36-3,23(26,27)28)12-33(18)17-5-4-15(24)19(25)20(17)35-2/h4-8,10-11,18H,9,12H2,1-3H3,(H,29,31,34)/t18-,22+/m0/s1. The number of carbonyl (C=O) groups is 1. The van der Waals surface area contributed by atoms with Crippen molar-refractivity contribution < 1.29 is 36.2 Å². The van der Waals surface area contributed by atoms with E-state index in [1.54, 1.807) is 30.2 Å². The Morgan fingerprint density at radius 1 is 1.22 bits per heavy atom. The summed E-state index contributed by atoms with van der Waals surface area (Å²) in [5.41, 5.74) is -1.53. The van der Waals surface area contributed by atoms with Gasteiger partial charge in [-0.2, -0.15) is 22.7 Å². The van der Waals surface area contributed by atoms with Crippen molar-refractivity contribution in [1.29, 1.82) is 0 Å². The fourth-order valence-corrected chi connectivity index (χ4v) is 4.22. The number of aryl methyl sites for hydroxylation is 1. The van der Waals surface area contributed by atoms with Gasteiger partial charge in [-0.3, -0.25) is 14.5 Å². The van der Waals surface area contributed by atoms with Crippen molar-refractivity contribution in [2.24, 2.45) is 7.05 Å². The molecule has 1 aliphatic heterocycles. The molecule has 4 rings (SSSR count). The Balaban J connectivity index is 1.71. The molecular weight excluding hydrogens is 489 g/mol. The zero-order chi connectivity index (χ0) is 26.3. The number of nitrogens with one attached hydrogen (secondary N) is 1. The predicted octanol–water partition coefficient (Wildman–Crippen LogP) is 3.93. The lowest BCUT2D eigenvalue weighted by Crippen LogP contribution is -2.49. The van der Waals surface area contributed by atoms with E-state index < -0.39 is 54.1 Å². The SMILES string of the molecule is COc1c(N2C[C@@](OC)(C(F)(F)F)C[C@H]2C(=O)Nc2ccnc(-c3cnn(C)c3)c2)ccc(F)c1F. The van der Waals surface area contributed by atoms with E-state index >= 15 is 0 Å². The molecule has 3 heterocycles. The number of hydrogen-bond donors (Lipinski definition) is 1. The summed E-state index contributed by atoms with van der Waals surface area (Å²) >= 11 is 0. The molecule has 1 N–H and O–H groups in total. The number of aromatic nitrogens is 3. The van der Waals surface area contributed by atoms with Crippen LogP contribution in [-0.4, -0.2) is 59.3 Å². The highest BCUT2D eigenvalue weighted by Crippen LogP contribution is 2.47. The van der Waals surface area contributed by atoms with E-state index in [2.05, 4.69) is 15.4 Å². The van der Waals surface area contributed by atoms with Gasteiger partial charge in [-0.15, -0.1) is 0 Å². The zero-order valence-corrected chi connectivity index (χ0v) is 19.4. The van der Waals surface area contributed by atoms with E-state index in [9.17, 15) is 26.7 Å². The number of halogens is 5. The van der Waals surface area contributed by atoms with Crippen molar-refractivity contribution in [3.8, 4) is 17.0 Å².